The molecule has 0 unspecified atom stereocenters. The van der Waals surface area contributed by atoms with Crippen LogP contribution in [0.15, 0.2) is 30.3 Å². The summed E-state index contributed by atoms with van der Waals surface area (Å²) in [7, 11) is 3.09. The first-order valence-corrected chi connectivity index (χ1v) is 12.9. The van der Waals surface area contributed by atoms with E-state index in [0.29, 0.717) is 51.9 Å². The highest BCUT2D eigenvalue weighted by Crippen LogP contribution is 2.37. The number of ketones is 1. The highest BCUT2D eigenvalue weighted by atomic mass is 35.5. The van der Waals surface area contributed by atoms with Crippen molar-refractivity contribution in [2.24, 2.45) is 18.9 Å². The highest BCUT2D eigenvalue weighted by molar-refractivity contribution is 6.38. The minimum Gasteiger partial charge on any atom is -0.469 e. The molecule has 3 aromatic rings. The molecule has 2 aromatic carbocycles. The van der Waals surface area contributed by atoms with E-state index in [0.717, 1.165) is 30.7 Å². The normalized spacial score (nSPS) is 18.3. The maximum Gasteiger partial charge on any atom is 0.416 e. The Kier molecular flexibility index (Phi) is 7.96. The first-order valence-electron chi connectivity index (χ1n) is 12.1. The van der Waals surface area contributed by atoms with E-state index in [1.165, 1.54) is 7.11 Å². The largest absolute Gasteiger partial charge is 0.469 e. The van der Waals surface area contributed by atoms with Gasteiger partial charge >= 0.3 is 12.1 Å². The molecule has 4 nitrogen and oxygen atoms in total. The van der Waals surface area contributed by atoms with Crippen LogP contribution in [0.5, 0.6) is 0 Å². The van der Waals surface area contributed by atoms with Gasteiger partial charge in [-0.05, 0) is 80.0 Å². The first-order chi connectivity index (χ1) is 17.4. The lowest BCUT2D eigenvalue weighted by atomic mass is 9.79. The molecule has 0 spiro atoms. The molecule has 1 saturated carbocycles. The third-order valence-electron chi connectivity index (χ3n) is 7.50. The standard InChI is InChI=1S/C28H28Cl2F3NO3/c1-15-10-18(28(31,32)33)12-24-21(15)13-19(34(24)2)14-22-23(29)9-8-20(26(22)30)25(35)11-16-4-6-17(7-5-16)27(36)37-3/h8-10,12-13,16-17H,4-7,11,14H2,1-3H3. The Bertz CT molecular complexity index is 1360. The Balaban J connectivity index is 1.57. The molecular weight excluding hydrogens is 526 g/mol. The number of fused-ring (bicyclic) bond motifs is 1. The number of aryl methyl sites for hydroxylation is 2. The zero-order valence-electron chi connectivity index (χ0n) is 20.8. The number of hydrogen-bond donors (Lipinski definition) is 0. The first kappa shape index (κ1) is 27.5. The fraction of sp³-hybridized carbons (Fsp3) is 0.429. The van der Waals surface area contributed by atoms with E-state index in [1.807, 2.05) is 6.07 Å². The van der Waals surface area contributed by atoms with Crippen LogP contribution in [0, 0.1) is 18.8 Å². The summed E-state index contributed by atoms with van der Waals surface area (Å²) in [5.41, 5.74) is 1.95. The number of methoxy groups -OCH3 is 1. The number of benzene rings is 2. The Morgan fingerprint density at radius 2 is 1.76 bits per heavy atom. The number of halogens is 5. The number of esters is 1. The molecule has 1 aromatic heterocycles. The van der Waals surface area contributed by atoms with Gasteiger partial charge in [-0.1, -0.05) is 23.2 Å². The predicted molar refractivity (Wildman–Crippen MR) is 138 cm³/mol. The molecule has 1 heterocycles. The molecular formula is C28H28Cl2F3NO3. The van der Waals surface area contributed by atoms with Crippen LogP contribution in [0.1, 0.15) is 64.8 Å². The Morgan fingerprint density at radius 3 is 2.38 bits per heavy atom. The number of carbonyl (C=O) groups is 2. The zero-order chi connectivity index (χ0) is 27.1. The predicted octanol–water partition coefficient (Wildman–Crippen LogP) is 7.96. The number of hydrogen-bond acceptors (Lipinski definition) is 3. The molecule has 1 aliphatic carbocycles. The van der Waals surface area contributed by atoms with Crippen LogP contribution in [0.3, 0.4) is 0 Å². The van der Waals surface area contributed by atoms with Gasteiger partial charge in [-0.25, -0.2) is 0 Å². The van der Waals surface area contributed by atoms with E-state index in [4.69, 9.17) is 27.9 Å². The van der Waals surface area contributed by atoms with E-state index in [2.05, 4.69) is 0 Å². The lowest BCUT2D eigenvalue weighted by Crippen LogP contribution is -2.24. The minimum atomic E-state index is -4.44. The van der Waals surface area contributed by atoms with Crippen molar-refractivity contribution in [3.8, 4) is 0 Å². The van der Waals surface area contributed by atoms with Gasteiger partial charge in [-0.2, -0.15) is 13.2 Å². The number of Topliss-reactive ketones (excluding diaryl/α,β-unsaturated/α-hetero) is 1. The van der Waals surface area contributed by atoms with Gasteiger partial charge in [0.2, 0.25) is 0 Å². The third-order valence-corrected chi connectivity index (χ3v) is 8.28. The monoisotopic (exact) mass is 553 g/mol. The van der Waals surface area contributed by atoms with E-state index >= 15 is 0 Å². The van der Waals surface area contributed by atoms with E-state index in [9.17, 15) is 22.8 Å². The van der Waals surface area contributed by atoms with E-state index < -0.39 is 11.7 Å². The molecule has 0 atom stereocenters. The smallest absolute Gasteiger partial charge is 0.416 e. The molecule has 1 fully saturated rings. The highest BCUT2D eigenvalue weighted by Gasteiger charge is 2.32. The SMILES string of the molecule is COC(=O)C1CCC(CC(=O)c2ccc(Cl)c(Cc3cc4c(C)cc(C(F)(F)F)cc4n3C)c2Cl)CC1. The molecule has 0 amide bonds. The van der Waals surface area contributed by atoms with Crippen molar-refractivity contribution in [1.82, 2.24) is 4.57 Å². The summed E-state index contributed by atoms with van der Waals surface area (Å²) in [4.78, 5) is 24.9. The summed E-state index contributed by atoms with van der Waals surface area (Å²) in [6.45, 7) is 1.65. The van der Waals surface area contributed by atoms with Crippen molar-refractivity contribution in [3.05, 3.63) is 68.3 Å². The molecule has 37 heavy (non-hydrogen) atoms. The van der Waals surface area contributed by atoms with Gasteiger partial charge < -0.3 is 9.30 Å². The van der Waals surface area contributed by atoms with Gasteiger partial charge in [0.1, 0.15) is 0 Å². The van der Waals surface area contributed by atoms with Crippen LogP contribution in [0.2, 0.25) is 10.0 Å². The fourth-order valence-electron chi connectivity index (χ4n) is 5.29. The van der Waals surface area contributed by atoms with Gasteiger partial charge in [0.25, 0.3) is 0 Å². The van der Waals surface area contributed by atoms with Crippen LogP contribution < -0.4 is 0 Å². The van der Waals surface area contributed by atoms with Gasteiger partial charge in [-0.15, -0.1) is 0 Å². The summed E-state index contributed by atoms with van der Waals surface area (Å²) in [5.74, 6) is -0.244. The molecule has 0 N–H and O–H groups in total. The fourth-order valence-corrected chi connectivity index (χ4v) is 5.90. The number of aromatic nitrogens is 1. The maximum absolute atomic E-state index is 13.3. The van der Waals surface area contributed by atoms with E-state index in [1.54, 1.807) is 30.7 Å². The van der Waals surface area contributed by atoms with Crippen LogP contribution in [-0.2, 0) is 29.2 Å². The molecule has 0 radical (unpaired) electrons. The van der Waals surface area contributed by atoms with Gasteiger partial charge in [0.05, 0.1) is 23.6 Å². The molecule has 1 aliphatic rings. The van der Waals surface area contributed by atoms with Crippen LogP contribution in [-0.4, -0.2) is 23.4 Å². The van der Waals surface area contributed by atoms with E-state index in [-0.39, 0.29) is 35.0 Å². The second kappa shape index (κ2) is 10.7. The third kappa shape index (κ3) is 5.68. The summed E-state index contributed by atoms with van der Waals surface area (Å²) >= 11 is 13.2. The summed E-state index contributed by atoms with van der Waals surface area (Å²) < 4.78 is 46.6. The average Bonchev–Trinajstić information content (AvgIpc) is 3.17. The molecule has 0 saturated heterocycles. The average molecular weight is 554 g/mol. The van der Waals surface area contributed by atoms with Gasteiger partial charge in [0, 0.05) is 47.1 Å². The van der Waals surface area contributed by atoms with Crippen LogP contribution in [0.4, 0.5) is 13.2 Å². The van der Waals surface area contributed by atoms with Crippen molar-refractivity contribution in [2.75, 3.05) is 7.11 Å². The quantitative estimate of drug-likeness (QED) is 0.230. The number of ether oxygens (including phenoxy) is 1. The van der Waals surface area contributed by atoms with Gasteiger partial charge in [0.15, 0.2) is 5.78 Å². The second-order valence-corrected chi connectivity index (χ2v) is 10.6. The Hall–Kier alpha value is -2.51. The topological polar surface area (TPSA) is 48.3 Å². The Morgan fingerprint density at radius 1 is 1.08 bits per heavy atom. The number of carbonyl (C=O) groups excluding carboxylic acids is 2. The Labute approximate surface area is 223 Å². The van der Waals surface area contributed by atoms with Gasteiger partial charge in [-0.3, -0.25) is 9.59 Å². The molecule has 0 aliphatic heterocycles. The zero-order valence-corrected chi connectivity index (χ0v) is 22.4. The maximum atomic E-state index is 13.3. The molecule has 9 heteroatoms. The second-order valence-electron chi connectivity index (χ2n) is 9.85. The van der Waals surface area contributed by atoms with Crippen molar-refractivity contribution < 1.29 is 27.5 Å². The molecule has 0 bridgehead atoms. The van der Waals surface area contributed by atoms with Crippen molar-refractivity contribution in [2.45, 2.75) is 51.6 Å². The lowest BCUT2D eigenvalue weighted by molar-refractivity contribution is -0.146. The number of alkyl halides is 3. The molecule has 198 valence electrons. The van der Waals surface area contributed by atoms with Crippen molar-refractivity contribution in [1.29, 1.82) is 0 Å². The minimum absolute atomic E-state index is 0.0906. The summed E-state index contributed by atoms with van der Waals surface area (Å²) in [5, 5.41) is 1.37. The molecule has 4 rings (SSSR count). The van der Waals surface area contributed by atoms with Crippen molar-refractivity contribution in [3.63, 3.8) is 0 Å². The lowest BCUT2D eigenvalue weighted by Gasteiger charge is -2.26. The number of nitrogens with zero attached hydrogens (tertiary/aromatic N) is 1. The van der Waals surface area contributed by atoms with Crippen LogP contribution >= 0.6 is 23.2 Å². The number of rotatable bonds is 6. The summed E-state index contributed by atoms with van der Waals surface area (Å²) in [6, 6.07) is 7.39. The van der Waals surface area contributed by atoms with Crippen molar-refractivity contribution >= 4 is 45.9 Å². The van der Waals surface area contributed by atoms with Crippen LogP contribution in [0.25, 0.3) is 10.9 Å². The summed E-state index contributed by atoms with van der Waals surface area (Å²) in [6.07, 6.45) is -0.945.